The van der Waals surface area contributed by atoms with Gasteiger partial charge >= 0.3 is 0 Å². The van der Waals surface area contributed by atoms with E-state index in [1.165, 1.54) is 15.3 Å². The summed E-state index contributed by atoms with van der Waals surface area (Å²) in [4.78, 5) is 7.00. The average Bonchev–Trinajstić information content (AvgIpc) is 2.94. The van der Waals surface area contributed by atoms with Crippen LogP contribution < -0.4 is 11.1 Å². The van der Waals surface area contributed by atoms with E-state index in [1.54, 1.807) is 11.3 Å². The van der Waals surface area contributed by atoms with Crippen molar-refractivity contribution in [1.82, 2.24) is 0 Å². The van der Waals surface area contributed by atoms with E-state index in [0.717, 1.165) is 18.5 Å². The van der Waals surface area contributed by atoms with E-state index in [-0.39, 0.29) is 24.0 Å². The zero-order valence-electron chi connectivity index (χ0n) is 12.4. The number of hydrogen-bond acceptors (Lipinski definition) is 2. The van der Waals surface area contributed by atoms with Crippen molar-refractivity contribution in [3.8, 4) is 0 Å². The number of thiophene rings is 1. The highest BCUT2D eigenvalue weighted by molar-refractivity contribution is 14.0. The Morgan fingerprint density at radius 1 is 1.05 bits per heavy atom. The summed E-state index contributed by atoms with van der Waals surface area (Å²) in [6.45, 7) is 4.94. The fourth-order valence-corrected chi connectivity index (χ4v) is 2.75. The van der Waals surface area contributed by atoms with Gasteiger partial charge in [0, 0.05) is 15.4 Å². The smallest absolute Gasteiger partial charge is 0.193 e. The molecule has 114 valence electrons. The molecule has 0 aliphatic heterocycles. The fourth-order valence-electron chi connectivity index (χ4n) is 1.87. The third kappa shape index (κ3) is 5.67. The Bertz CT molecular complexity index is 575. The molecule has 3 N–H and O–H groups in total. The highest BCUT2D eigenvalue weighted by atomic mass is 127. The van der Waals surface area contributed by atoms with Gasteiger partial charge in [0.25, 0.3) is 0 Å². The summed E-state index contributed by atoms with van der Waals surface area (Å²) < 4.78 is 0. The number of halogens is 1. The predicted octanol–water partition coefficient (Wildman–Crippen LogP) is 4.42. The maximum Gasteiger partial charge on any atom is 0.193 e. The van der Waals surface area contributed by atoms with Crippen molar-refractivity contribution < 1.29 is 0 Å². The van der Waals surface area contributed by atoms with Crippen molar-refractivity contribution in [3.63, 3.8) is 0 Å². The van der Waals surface area contributed by atoms with E-state index in [0.29, 0.717) is 12.5 Å². The van der Waals surface area contributed by atoms with Gasteiger partial charge in [-0.2, -0.15) is 0 Å². The summed E-state index contributed by atoms with van der Waals surface area (Å²) >= 11 is 1.80. The van der Waals surface area contributed by atoms with Gasteiger partial charge in [-0.25, -0.2) is 4.99 Å². The summed E-state index contributed by atoms with van der Waals surface area (Å²) in [6, 6.07) is 12.5. The van der Waals surface area contributed by atoms with E-state index in [4.69, 9.17) is 5.73 Å². The maximum absolute atomic E-state index is 5.91. The van der Waals surface area contributed by atoms with Gasteiger partial charge in [0.1, 0.15) is 0 Å². The number of benzene rings is 1. The topological polar surface area (TPSA) is 50.4 Å². The number of nitrogens with two attached hydrogens (primary N) is 1. The number of aryl methyl sites for hydroxylation is 2. The lowest BCUT2D eigenvalue weighted by atomic mass is 10.1. The average molecular weight is 415 g/mol. The van der Waals surface area contributed by atoms with Crippen molar-refractivity contribution in [2.45, 2.75) is 33.2 Å². The Morgan fingerprint density at radius 2 is 1.71 bits per heavy atom. The Morgan fingerprint density at radius 3 is 2.29 bits per heavy atom. The van der Waals surface area contributed by atoms with E-state index < -0.39 is 0 Å². The minimum atomic E-state index is 0. The number of nitrogens with zero attached hydrogens (tertiary/aromatic N) is 1. The molecule has 0 bridgehead atoms. The summed E-state index contributed by atoms with van der Waals surface area (Å²) in [5, 5.41) is 3.12. The van der Waals surface area contributed by atoms with Crippen LogP contribution >= 0.6 is 35.3 Å². The number of aliphatic imine (C=N–C) groups is 1. The molecule has 1 aromatic heterocycles. The second-order valence-corrected chi connectivity index (χ2v) is 5.85. The molecule has 21 heavy (non-hydrogen) atoms. The van der Waals surface area contributed by atoms with Crippen LogP contribution in [0.2, 0.25) is 0 Å². The molecule has 0 fully saturated rings. The summed E-state index contributed by atoms with van der Waals surface area (Å²) in [6.07, 6.45) is 2.12. The van der Waals surface area contributed by atoms with Crippen LogP contribution in [0.4, 0.5) is 5.69 Å². The molecule has 1 heterocycles. The van der Waals surface area contributed by atoms with Gasteiger partial charge in [0.15, 0.2) is 5.96 Å². The summed E-state index contributed by atoms with van der Waals surface area (Å²) in [5.41, 5.74) is 8.20. The van der Waals surface area contributed by atoms with Gasteiger partial charge in [0.2, 0.25) is 0 Å². The van der Waals surface area contributed by atoms with Crippen molar-refractivity contribution in [2.24, 2.45) is 10.7 Å². The molecule has 0 atom stereocenters. The second-order valence-electron chi connectivity index (χ2n) is 4.60. The van der Waals surface area contributed by atoms with E-state index >= 15 is 0 Å². The molecule has 0 amide bonds. The van der Waals surface area contributed by atoms with Crippen molar-refractivity contribution in [3.05, 3.63) is 51.7 Å². The molecule has 5 heteroatoms. The first-order valence-corrected chi connectivity index (χ1v) is 7.76. The Hall–Kier alpha value is -1.08. The van der Waals surface area contributed by atoms with Crippen molar-refractivity contribution in [1.29, 1.82) is 0 Å². The normalized spacial score (nSPS) is 11.0. The number of rotatable bonds is 5. The minimum absolute atomic E-state index is 0. The van der Waals surface area contributed by atoms with Gasteiger partial charge in [-0.15, -0.1) is 35.3 Å². The Kier molecular flexibility index (Phi) is 7.74. The molecule has 1 aromatic carbocycles. The van der Waals surface area contributed by atoms with Crippen LogP contribution in [-0.2, 0) is 19.4 Å². The van der Waals surface area contributed by atoms with Crippen LogP contribution in [0.1, 0.15) is 29.2 Å². The SMILES string of the molecule is CCc1ccc(NC(N)=NCc2ccc(CC)s2)cc1.I. The lowest BCUT2D eigenvalue weighted by molar-refractivity contribution is 1.09. The number of hydrogen-bond donors (Lipinski definition) is 2. The molecular weight excluding hydrogens is 393 g/mol. The van der Waals surface area contributed by atoms with Gasteiger partial charge < -0.3 is 11.1 Å². The lowest BCUT2D eigenvalue weighted by Crippen LogP contribution is -2.22. The van der Waals surface area contributed by atoms with Crippen LogP contribution in [0.15, 0.2) is 41.4 Å². The first kappa shape index (κ1) is 18.0. The van der Waals surface area contributed by atoms with Gasteiger partial charge in [-0.3, -0.25) is 0 Å². The summed E-state index contributed by atoms with van der Waals surface area (Å²) in [7, 11) is 0. The molecule has 2 rings (SSSR count). The molecule has 2 aromatic rings. The largest absolute Gasteiger partial charge is 0.370 e. The van der Waals surface area contributed by atoms with Crippen LogP contribution in [0.3, 0.4) is 0 Å². The molecule has 0 saturated heterocycles. The van der Waals surface area contributed by atoms with Crippen molar-refractivity contribution >= 4 is 47.0 Å². The molecule has 0 unspecified atom stereocenters. The number of anilines is 1. The van der Waals surface area contributed by atoms with E-state index in [9.17, 15) is 0 Å². The van der Waals surface area contributed by atoms with Crippen LogP contribution in [-0.4, -0.2) is 5.96 Å². The Balaban J connectivity index is 0.00000220. The van der Waals surface area contributed by atoms with Gasteiger partial charge in [0.05, 0.1) is 6.54 Å². The fraction of sp³-hybridized carbons (Fsp3) is 0.312. The third-order valence-electron chi connectivity index (χ3n) is 3.11. The van der Waals surface area contributed by atoms with E-state index in [2.05, 4.69) is 48.4 Å². The second kappa shape index (κ2) is 9.04. The highest BCUT2D eigenvalue weighted by Crippen LogP contribution is 2.17. The molecule has 0 aliphatic carbocycles. The van der Waals surface area contributed by atoms with Crippen LogP contribution in [0.25, 0.3) is 0 Å². The lowest BCUT2D eigenvalue weighted by Gasteiger charge is -2.06. The molecular formula is C16H22IN3S. The van der Waals surface area contributed by atoms with E-state index in [1.807, 2.05) is 12.1 Å². The molecule has 0 radical (unpaired) electrons. The predicted molar refractivity (Wildman–Crippen MR) is 104 cm³/mol. The van der Waals surface area contributed by atoms with Crippen molar-refractivity contribution in [2.75, 3.05) is 5.32 Å². The van der Waals surface area contributed by atoms with Gasteiger partial charge in [-0.1, -0.05) is 26.0 Å². The monoisotopic (exact) mass is 415 g/mol. The van der Waals surface area contributed by atoms with Crippen LogP contribution in [0.5, 0.6) is 0 Å². The number of guanidine groups is 1. The zero-order valence-corrected chi connectivity index (χ0v) is 15.6. The van der Waals surface area contributed by atoms with Crippen LogP contribution in [0, 0.1) is 0 Å². The summed E-state index contributed by atoms with van der Waals surface area (Å²) in [5.74, 6) is 0.459. The maximum atomic E-state index is 5.91. The molecule has 0 spiro atoms. The minimum Gasteiger partial charge on any atom is -0.370 e. The zero-order chi connectivity index (χ0) is 14.4. The first-order valence-electron chi connectivity index (χ1n) is 6.94. The third-order valence-corrected chi connectivity index (χ3v) is 4.32. The molecule has 0 aliphatic rings. The Labute approximate surface area is 147 Å². The quantitative estimate of drug-likeness (QED) is 0.432. The first-order chi connectivity index (χ1) is 9.71. The molecule has 3 nitrogen and oxygen atoms in total. The van der Waals surface area contributed by atoms with Gasteiger partial charge in [-0.05, 0) is 42.7 Å². The molecule has 0 saturated carbocycles. The number of nitrogens with one attached hydrogen (secondary N) is 1. The highest BCUT2D eigenvalue weighted by Gasteiger charge is 1.99. The standard InChI is InChI=1S/C16H21N3S.HI/c1-3-12-5-7-13(8-6-12)19-16(17)18-11-15-10-9-14(4-2)20-15;/h5-10H,3-4,11H2,1-2H3,(H3,17,18,19);1H.